The molecule has 1 heteroatoms. The van der Waals surface area contributed by atoms with Crippen LogP contribution in [0, 0.1) is 11.8 Å². The Kier molecular flexibility index (Phi) is 1.93. The van der Waals surface area contributed by atoms with Gasteiger partial charge in [0.25, 0.3) is 0 Å². The van der Waals surface area contributed by atoms with Gasteiger partial charge in [-0.05, 0) is 24.3 Å². The van der Waals surface area contributed by atoms with E-state index in [0.29, 0.717) is 17.6 Å². The SMILES string of the molecule is C/C=C1/C(=O)CC1C(C)C. The van der Waals surface area contributed by atoms with Gasteiger partial charge in [-0.25, -0.2) is 0 Å². The number of hydrogen-bond donors (Lipinski definition) is 0. The van der Waals surface area contributed by atoms with Gasteiger partial charge in [-0.2, -0.15) is 0 Å². The molecule has 0 saturated heterocycles. The molecule has 0 radical (unpaired) electrons. The molecule has 0 heterocycles. The van der Waals surface area contributed by atoms with E-state index in [0.717, 1.165) is 12.0 Å². The lowest BCUT2D eigenvalue weighted by Gasteiger charge is -2.31. The van der Waals surface area contributed by atoms with Crippen molar-refractivity contribution < 1.29 is 4.79 Å². The standard InChI is InChI=1S/C9H14O/c1-4-7-8(6(2)3)5-9(7)10/h4,6,8H,5H2,1-3H3/b7-4+. The number of carbonyl (C=O) groups excluding carboxylic acids is 1. The van der Waals surface area contributed by atoms with E-state index in [1.165, 1.54) is 0 Å². The minimum Gasteiger partial charge on any atom is -0.295 e. The lowest BCUT2D eigenvalue weighted by molar-refractivity contribution is -0.121. The number of allylic oxidation sites excluding steroid dienone is 2. The van der Waals surface area contributed by atoms with Gasteiger partial charge in [-0.3, -0.25) is 4.79 Å². The van der Waals surface area contributed by atoms with Crippen molar-refractivity contribution in [1.29, 1.82) is 0 Å². The zero-order chi connectivity index (χ0) is 7.72. The average molecular weight is 138 g/mol. The highest BCUT2D eigenvalue weighted by molar-refractivity contribution is 6.02. The Morgan fingerprint density at radius 1 is 1.60 bits per heavy atom. The third kappa shape index (κ3) is 1.00. The van der Waals surface area contributed by atoms with Gasteiger partial charge in [-0.15, -0.1) is 0 Å². The van der Waals surface area contributed by atoms with Crippen LogP contribution in [0.3, 0.4) is 0 Å². The van der Waals surface area contributed by atoms with Crippen molar-refractivity contribution >= 4 is 5.78 Å². The highest BCUT2D eigenvalue weighted by atomic mass is 16.1. The molecule has 0 N–H and O–H groups in total. The molecule has 0 aromatic rings. The summed E-state index contributed by atoms with van der Waals surface area (Å²) in [6.07, 6.45) is 2.73. The zero-order valence-electron chi connectivity index (χ0n) is 6.85. The molecule has 0 spiro atoms. The summed E-state index contributed by atoms with van der Waals surface area (Å²) >= 11 is 0. The molecular formula is C9H14O. The highest BCUT2D eigenvalue weighted by Crippen LogP contribution is 2.35. The first-order chi connectivity index (χ1) is 4.66. The lowest BCUT2D eigenvalue weighted by Crippen LogP contribution is -2.31. The Labute approximate surface area is 62.1 Å². The maximum absolute atomic E-state index is 10.9. The van der Waals surface area contributed by atoms with Crippen molar-refractivity contribution in [2.24, 2.45) is 11.8 Å². The quantitative estimate of drug-likeness (QED) is 0.507. The first kappa shape index (κ1) is 7.52. The van der Waals surface area contributed by atoms with Crippen molar-refractivity contribution in [3.05, 3.63) is 11.6 Å². The molecule has 10 heavy (non-hydrogen) atoms. The molecule has 56 valence electrons. The number of Topliss-reactive ketones (excluding diaryl/α,β-unsaturated/α-hetero) is 1. The van der Waals surface area contributed by atoms with E-state index in [4.69, 9.17) is 0 Å². The molecular weight excluding hydrogens is 124 g/mol. The van der Waals surface area contributed by atoms with E-state index >= 15 is 0 Å². The summed E-state index contributed by atoms with van der Waals surface area (Å²) in [7, 11) is 0. The van der Waals surface area contributed by atoms with Crippen LogP contribution >= 0.6 is 0 Å². The van der Waals surface area contributed by atoms with Crippen molar-refractivity contribution in [2.75, 3.05) is 0 Å². The Balaban J connectivity index is 2.63. The van der Waals surface area contributed by atoms with Crippen LogP contribution < -0.4 is 0 Å². The number of hydrogen-bond acceptors (Lipinski definition) is 1. The summed E-state index contributed by atoms with van der Waals surface area (Å²) in [4.78, 5) is 10.9. The third-order valence-electron chi connectivity index (χ3n) is 2.24. The topological polar surface area (TPSA) is 17.1 Å². The van der Waals surface area contributed by atoms with Crippen molar-refractivity contribution in [3.8, 4) is 0 Å². The van der Waals surface area contributed by atoms with E-state index in [1.54, 1.807) is 0 Å². The zero-order valence-corrected chi connectivity index (χ0v) is 6.85. The molecule has 0 amide bonds. The molecule has 1 fully saturated rings. The molecule has 1 atom stereocenters. The maximum atomic E-state index is 10.9. The summed E-state index contributed by atoms with van der Waals surface area (Å²) in [5.74, 6) is 1.53. The van der Waals surface area contributed by atoms with Crippen LogP contribution in [0.4, 0.5) is 0 Å². The summed E-state index contributed by atoms with van der Waals surface area (Å²) < 4.78 is 0. The predicted molar refractivity (Wildman–Crippen MR) is 41.7 cm³/mol. The second kappa shape index (κ2) is 2.57. The largest absolute Gasteiger partial charge is 0.295 e. The van der Waals surface area contributed by atoms with Crippen LogP contribution in [0.2, 0.25) is 0 Å². The van der Waals surface area contributed by atoms with Gasteiger partial charge in [0.05, 0.1) is 0 Å². The van der Waals surface area contributed by atoms with Gasteiger partial charge in [0.2, 0.25) is 0 Å². The molecule has 1 aliphatic carbocycles. The molecule has 0 aromatic heterocycles. The first-order valence-electron chi connectivity index (χ1n) is 3.86. The van der Waals surface area contributed by atoms with Gasteiger partial charge in [0, 0.05) is 6.42 Å². The van der Waals surface area contributed by atoms with E-state index in [2.05, 4.69) is 13.8 Å². The summed E-state index contributed by atoms with van der Waals surface area (Å²) in [5, 5.41) is 0. The lowest BCUT2D eigenvalue weighted by atomic mass is 9.72. The van der Waals surface area contributed by atoms with Crippen LogP contribution in [0.15, 0.2) is 11.6 Å². The van der Waals surface area contributed by atoms with E-state index in [1.807, 2.05) is 13.0 Å². The van der Waals surface area contributed by atoms with Gasteiger partial charge in [0.15, 0.2) is 5.78 Å². The predicted octanol–water partition coefficient (Wildman–Crippen LogP) is 2.18. The van der Waals surface area contributed by atoms with Crippen molar-refractivity contribution in [1.82, 2.24) is 0 Å². The second-order valence-corrected chi connectivity index (χ2v) is 3.22. The fourth-order valence-electron chi connectivity index (χ4n) is 1.47. The van der Waals surface area contributed by atoms with Gasteiger partial charge >= 0.3 is 0 Å². The van der Waals surface area contributed by atoms with Crippen molar-refractivity contribution in [2.45, 2.75) is 27.2 Å². The summed E-state index contributed by atoms with van der Waals surface area (Å²) in [6.45, 7) is 6.28. The molecule has 1 aliphatic rings. The van der Waals surface area contributed by atoms with Gasteiger partial charge < -0.3 is 0 Å². The average Bonchev–Trinajstić information content (AvgIpc) is 1.83. The molecule has 0 aliphatic heterocycles. The third-order valence-corrected chi connectivity index (χ3v) is 2.24. The number of carbonyl (C=O) groups is 1. The van der Waals surface area contributed by atoms with Crippen LogP contribution in [0.25, 0.3) is 0 Å². The highest BCUT2D eigenvalue weighted by Gasteiger charge is 2.34. The maximum Gasteiger partial charge on any atom is 0.159 e. The Hall–Kier alpha value is -0.590. The molecule has 1 rings (SSSR count). The molecule has 1 saturated carbocycles. The van der Waals surface area contributed by atoms with Crippen LogP contribution in [0.5, 0.6) is 0 Å². The smallest absolute Gasteiger partial charge is 0.159 e. The van der Waals surface area contributed by atoms with Crippen LogP contribution in [-0.2, 0) is 4.79 Å². The number of ketones is 1. The summed E-state index contributed by atoms with van der Waals surface area (Å²) in [6, 6.07) is 0. The molecule has 1 unspecified atom stereocenters. The minimum atomic E-state index is 0.348. The van der Waals surface area contributed by atoms with Crippen LogP contribution in [0.1, 0.15) is 27.2 Å². The minimum absolute atomic E-state index is 0.348. The Morgan fingerprint density at radius 3 is 2.40 bits per heavy atom. The van der Waals surface area contributed by atoms with E-state index in [9.17, 15) is 4.79 Å². The van der Waals surface area contributed by atoms with Gasteiger partial charge in [-0.1, -0.05) is 19.9 Å². The number of rotatable bonds is 1. The summed E-state index contributed by atoms with van der Waals surface area (Å²) in [5.41, 5.74) is 1.05. The Morgan fingerprint density at radius 2 is 2.20 bits per heavy atom. The Bertz CT molecular complexity index is 177. The van der Waals surface area contributed by atoms with Gasteiger partial charge in [0.1, 0.15) is 0 Å². The van der Waals surface area contributed by atoms with E-state index < -0.39 is 0 Å². The molecule has 0 aromatic carbocycles. The van der Waals surface area contributed by atoms with E-state index in [-0.39, 0.29) is 0 Å². The monoisotopic (exact) mass is 138 g/mol. The first-order valence-corrected chi connectivity index (χ1v) is 3.86. The normalized spacial score (nSPS) is 29.4. The fourth-order valence-corrected chi connectivity index (χ4v) is 1.47. The molecule has 1 nitrogen and oxygen atoms in total. The second-order valence-electron chi connectivity index (χ2n) is 3.22. The van der Waals surface area contributed by atoms with Crippen molar-refractivity contribution in [3.63, 3.8) is 0 Å². The fraction of sp³-hybridized carbons (Fsp3) is 0.667. The molecule has 0 bridgehead atoms. The van der Waals surface area contributed by atoms with Crippen LogP contribution in [-0.4, -0.2) is 5.78 Å².